The molecular formula is C11H20N2O4S2. The fourth-order valence-corrected chi connectivity index (χ4v) is 3.73. The van der Waals surface area contributed by atoms with Gasteiger partial charge >= 0.3 is 5.97 Å². The number of hydrogen-bond acceptors (Lipinski definition) is 5. The molecule has 0 saturated heterocycles. The van der Waals surface area contributed by atoms with Gasteiger partial charge in [-0.25, -0.2) is 4.79 Å². The number of carboxylic acids is 1. The molecule has 0 aromatic carbocycles. The predicted octanol–water partition coefficient (Wildman–Crippen LogP) is 0.872. The molecule has 0 rings (SSSR count). The minimum absolute atomic E-state index is 0.0703. The maximum Gasteiger partial charge on any atom is 0.327 e. The zero-order chi connectivity index (χ0) is 14.8. The molecule has 0 saturated carbocycles. The average molecular weight is 308 g/mol. The van der Waals surface area contributed by atoms with E-state index >= 15 is 0 Å². The van der Waals surface area contributed by atoms with Crippen molar-refractivity contribution in [3.8, 4) is 0 Å². The minimum Gasteiger partial charge on any atom is -0.480 e. The number of carbonyl (C=O) groups excluding carboxylic acids is 2. The third-order valence-electron chi connectivity index (χ3n) is 2.16. The molecule has 0 spiro atoms. The first-order valence-corrected chi connectivity index (χ1v) is 8.37. The molecule has 0 bridgehead atoms. The first kappa shape index (κ1) is 18.1. The van der Waals surface area contributed by atoms with Crippen molar-refractivity contribution in [2.24, 2.45) is 0 Å². The van der Waals surface area contributed by atoms with Gasteiger partial charge in [0.2, 0.25) is 11.8 Å². The Labute approximate surface area is 120 Å². The molecule has 110 valence electrons. The Kier molecular flexibility index (Phi) is 9.50. The summed E-state index contributed by atoms with van der Waals surface area (Å²) in [7, 11) is 2.86. The molecule has 0 aromatic rings. The van der Waals surface area contributed by atoms with Gasteiger partial charge < -0.3 is 15.7 Å². The summed E-state index contributed by atoms with van der Waals surface area (Å²) in [6, 6.07) is -0.796. The van der Waals surface area contributed by atoms with E-state index < -0.39 is 12.0 Å². The van der Waals surface area contributed by atoms with Crippen LogP contribution in [0, 0.1) is 0 Å². The lowest BCUT2D eigenvalue weighted by Gasteiger charge is -2.16. The monoisotopic (exact) mass is 308 g/mol. The lowest BCUT2D eigenvalue weighted by atomic mass is 10.2. The van der Waals surface area contributed by atoms with E-state index in [-0.39, 0.29) is 23.6 Å². The second kappa shape index (κ2) is 9.96. The van der Waals surface area contributed by atoms with E-state index in [4.69, 9.17) is 5.11 Å². The van der Waals surface area contributed by atoms with Gasteiger partial charge in [0.15, 0.2) is 0 Å². The van der Waals surface area contributed by atoms with Crippen LogP contribution in [0.2, 0.25) is 0 Å². The van der Waals surface area contributed by atoms with Gasteiger partial charge in [-0.2, -0.15) is 0 Å². The zero-order valence-electron chi connectivity index (χ0n) is 11.3. The molecule has 8 heteroatoms. The molecule has 0 heterocycles. The molecule has 0 aliphatic carbocycles. The summed E-state index contributed by atoms with van der Waals surface area (Å²) in [4.78, 5) is 32.6. The Morgan fingerprint density at radius 2 is 1.58 bits per heavy atom. The summed E-state index contributed by atoms with van der Waals surface area (Å²) in [5, 5.41) is 14.1. The SMILES string of the molecule is CCC(CSSCC(NC(C)=O)C(=O)O)NC(C)=O. The zero-order valence-corrected chi connectivity index (χ0v) is 12.9. The normalized spacial score (nSPS) is 13.4. The van der Waals surface area contributed by atoms with E-state index in [1.165, 1.54) is 35.4 Å². The highest BCUT2D eigenvalue weighted by Crippen LogP contribution is 2.23. The molecule has 2 atom stereocenters. The van der Waals surface area contributed by atoms with Crippen LogP contribution in [0.5, 0.6) is 0 Å². The molecule has 3 N–H and O–H groups in total. The van der Waals surface area contributed by atoms with Crippen LogP contribution < -0.4 is 10.6 Å². The molecule has 0 aliphatic rings. The highest BCUT2D eigenvalue weighted by Gasteiger charge is 2.18. The second-order valence-corrected chi connectivity index (χ2v) is 6.52. The third kappa shape index (κ3) is 9.66. The van der Waals surface area contributed by atoms with Crippen LogP contribution in [0.25, 0.3) is 0 Å². The molecule has 2 unspecified atom stereocenters. The molecule has 0 aliphatic heterocycles. The molecule has 0 fully saturated rings. The van der Waals surface area contributed by atoms with E-state index in [1.54, 1.807) is 0 Å². The standard InChI is InChI=1S/C11H20N2O4S2/c1-4-9(12-7(2)14)5-18-19-6-10(11(16)17)13-8(3)15/h9-10H,4-6H2,1-3H3,(H,12,14)(H,13,15)(H,16,17). The highest BCUT2D eigenvalue weighted by molar-refractivity contribution is 8.76. The molecular weight excluding hydrogens is 288 g/mol. The van der Waals surface area contributed by atoms with Crippen molar-refractivity contribution in [3.05, 3.63) is 0 Å². The summed E-state index contributed by atoms with van der Waals surface area (Å²) in [6.07, 6.45) is 0.821. The fraction of sp³-hybridized carbons (Fsp3) is 0.727. The Morgan fingerprint density at radius 3 is 2.00 bits per heavy atom. The predicted molar refractivity (Wildman–Crippen MR) is 78.1 cm³/mol. The van der Waals surface area contributed by atoms with Crippen LogP contribution in [-0.4, -0.2) is 46.5 Å². The molecule has 0 radical (unpaired) electrons. The topological polar surface area (TPSA) is 95.5 Å². The van der Waals surface area contributed by atoms with Gasteiger partial charge in [-0.1, -0.05) is 28.5 Å². The van der Waals surface area contributed by atoms with Gasteiger partial charge in [0.25, 0.3) is 0 Å². The second-order valence-electron chi connectivity index (χ2n) is 3.97. The van der Waals surface area contributed by atoms with Gasteiger partial charge in [-0.15, -0.1) is 0 Å². The fourth-order valence-electron chi connectivity index (χ4n) is 1.22. The molecule has 19 heavy (non-hydrogen) atoms. The number of nitrogens with one attached hydrogen (secondary N) is 2. The number of hydrogen-bond donors (Lipinski definition) is 3. The summed E-state index contributed by atoms with van der Waals surface area (Å²) < 4.78 is 0. The van der Waals surface area contributed by atoms with Crippen LogP contribution in [0.1, 0.15) is 27.2 Å². The highest BCUT2D eigenvalue weighted by atomic mass is 33.1. The van der Waals surface area contributed by atoms with Crippen LogP contribution in [-0.2, 0) is 14.4 Å². The van der Waals surface area contributed by atoms with Gasteiger partial charge in [0, 0.05) is 31.4 Å². The Bertz CT molecular complexity index is 326. The minimum atomic E-state index is -1.04. The lowest BCUT2D eigenvalue weighted by molar-refractivity contribution is -0.140. The number of carbonyl (C=O) groups is 3. The quantitative estimate of drug-likeness (QED) is 0.432. The summed E-state index contributed by atoms with van der Waals surface area (Å²) >= 11 is 0. The Balaban J connectivity index is 3.95. The summed E-state index contributed by atoms with van der Waals surface area (Å²) in [5.74, 6) is -0.484. The van der Waals surface area contributed by atoms with Gasteiger partial charge in [-0.05, 0) is 6.42 Å². The first-order valence-electron chi connectivity index (χ1n) is 5.88. The molecule has 2 amide bonds. The van der Waals surface area contributed by atoms with Crippen molar-refractivity contribution in [1.29, 1.82) is 0 Å². The van der Waals surface area contributed by atoms with Crippen LogP contribution in [0.3, 0.4) is 0 Å². The first-order chi connectivity index (χ1) is 8.86. The van der Waals surface area contributed by atoms with Crippen molar-refractivity contribution >= 4 is 39.4 Å². The number of amides is 2. The van der Waals surface area contributed by atoms with Crippen molar-refractivity contribution in [1.82, 2.24) is 10.6 Å². The summed E-state index contributed by atoms with van der Waals surface area (Å²) in [6.45, 7) is 4.73. The number of carboxylic acid groups (broad SMARTS) is 1. The third-order valence-corrected chi connectivity index (χ3v) is 4.65. The lowest BCUT2D eigenvalue weighted by Crippen LogP contribution is -2.41. The Morgan fingerprint density at radius 1 is 1.05 bits per heavy atom. The number of rotatable bonds is 9. The van der Waals surface area contributed by atoms with Crippen molar-refractivity contribution in [3.63, 3.8) is 0 Å². The number of aliphatic carboxylic acids is 1. The van der Waals surface area contributed by atoms with E-state index in [1.807, 2.05) is 6.92 Å². The van der Waals surface area contributed by atoms with Gasteiger partial charge in [0.1, 0.15) is 6.04 Å². The van der Waals surface area contributed by atoms with Crippen molar-refractivity contribution in [2.75, 3.05) is 11.5 Å². The Hall–Kier alpha value is -0.890. The molecule has 0 aromatic heterocycles. The van der Waals surface area contributed by atoms with E-state index in [2.05, 4.69) is 10.6 Å². The maximum absolute atomic E-state index is 10.9. The smallest absolute Gasteiger partial charge is 0.327 e. The van der Waals surface area contributed by atoms with Crippen molar-refractivity contribution < 1.29 is 19.5 Å². The average Bonchev–Trinajstić information content (AvgIpc) is 2.30. The van der Waals surface area contributed by atoms with Crippen LogP contribution in [0.4, 0.5) is 0 Å². The van der Waals surface area contributed by atoms with E-state index in [0.717, 1.165) is 6.42 Å². The van der Waals surface area contributed by atoms with Gasteiger partial charge in [-0.3, -0.25) is 9.59 Å². The van der Waals surface area contributed by atoms with Gasteiger partial charge in [0.05, 0.1) is 0 Å². The van der Waals surface area contributed by atoms with E-state index in [0.29, 0.717) is 5.75 Å². The van der Waals surface area contributed by atoms with E-state index in [9.17, 15) is 14.4 Å². The largest absolute Gasteiger partial charge is 0.480 e. The summed E-state index contributed by atoms with van der Waals surface area (Å²) in [5.41, 5.74) is 0. The van der Waals surface area contributed by atoms with Crippen molar-refractivity contribution in [2.45, 2.75) is 39.3 Å². The molecule has 6 nitrogen and oxygen atoms in total. The van der Waals surface area contributed by atoms with Crippen LogP contribution in [0.15, 0.2) is 0 Å². The van der Waals surface area contributed by atoms with Crippen LogP contribution >= 0.6 is 21.6 Å². The maximum atomic E-state index is 10.9.